The second kappa shape index (κ2) is 8.87. The number of anilines is 1. The number of carbonyl (C=O) groups is 1. The topological polar surface area (TPSA) is 75.7 Å². The summed E-state index contributed by atoms with van der Waals surface area (Å²) < 4.78 is 60.0. The first-order chi connectivity index (χ1) is 13.8. The normalized spacial score (nSPS) is 17.7. The molecule has 1 aliphatic heterocycles. The molecule has 1 amide bonds. The Morgan fingerprint density at radius 3 is 2.45 bits per heavy atom. The lowest BCUT2D eigenvalue weighted by molar-refractivity contribution is -0.120. The molecule has 29 heavy (non-hydrogen) atoms. The van der Waals surface area contributed by atoms with Crippen molar-refractivity contribution in [2.75, 3.05) is 25.0 Å². The summed E-state index contributed by atoms with van der Waals surface area (Å²) >= 11 is 0. The Hall–Kier alpha value is -2.52. The van der Waals surface area contributed by atoms with Gasteiger partial charge in [0, 0.05) is 13.1 Å². The van der Waals surface area contributed by atoms with E-state index in [0.29, 0.717) is 25.2 Å². The Morgan fingerprint density at radius 1 is 1.17 bits per heavy atom. The van der Waals surface area contributed by atoms with Crippen LogP contribution in [0.25, 0.3) is 0 Å². The number of nitrogens with zero attached hydrogens (tertiary/aromatic N) is 1. The number of nitrogens with one attached hydrogen (secondary N) is 1. The smallest absolute Gasteiger partial charge is 0.243 e. The number of piperidine rings is 1. The lowest BCUT2D eigenvalue weighted by atomic mass is 9.98. The van der Waals surface area contributed by atoms with E-state index in [1.807, 2.05) is 6.92 Å². The minimum absolute atomic E-state index is 0.0581. The number of para-hydroxylation sites is 1. The van der Waals surface area contributed by atoms with E-state index in [1.54, 1.807) is 12.1 Å². The van der Waals surface area contributed by atoms with Crippen LogP contribution >= 0.6 is 0 Å². The summed E-state index contributed by atoms with van der Waals surface area (Å²) in [6, 6.07) is 9.35. The average Bonchev–Trinajstić information content (AvgIpc) is 2.71. The molecule has 2 aromatic carbocycles. The van der Waals surface area contributed by atoms with Gasteiger partial charge in [-0.3, -0.25) is 4.79 Å². The van der Waals surface area contributed by atoms with E-state index >= 15 is 0 Å². The maximum Gasteiger partial charge on any atom is 0.243 e. The van der Waals surface area contributed by atoms with Gasteiger partial charge in [-0.15, -0.1) is 0 Å². The highest BCUT2D eigenvalue weighted by molar-refractivity contribution is 7.89. The van der Waals surface area contributed by atoms with Crippen molar-refractivity contribution in [3.8, 4) is 5.75 Å². The predicted molar refractivity (Wildman–Crippen MR) is 104 cm³/mol. The van der Waals surface area contributed by atoms with Gasteiger partial charge in [-0.1, -0.05) is 6.07 Å². The van der Waals surface area contributed by atoms with Gasteiger partial charge in [0.1, 0.15) is 23.1 Å². The number of benzene rings is 2. The van der Waals surface area contributed by atoms with E-state index in [4.69, 9.17) is 4.74 Å². The molecule has 1 aliphatic rings. The van der Waals surface area contributed by atoms with Gasteiger partial charge in [-0.05, 0) is 56.2 Å². The van der Waals surface area contributed by atoms with Crippen molar-refractivity contribution in [1.82, 2.24) is 4.31 Å². The van der Waals surface area contributed by atoms with Crippen LogP contribution in [-0.2, 0) is 14.8 Å². The second-order valence-corrected chi connectivity index (χ2v) is 8.63. The molecule has 0 saturated carbocycles. The van der Waals surface area contributed by atoms with Crippen LogP contribution in [0.4, 0.5) is 14.5 Å². The van der Waals surface area contributed by atoms with Crippen LogP contribution in [0.15, 0.2) is 47.4 Å². The van der Waals surface area contributed by atoms with Crippen LogP contribution in [0, 0.1) is 17.6 Å². The molecule has 1 saturated heterocycles. The molecule has 1 fully saturated rings. The molecular formula is C20H22F2N2O4S. The van der Waals surface area contributed by atoms with E-state index in [9.17, 15) is 22.0 Å². The number of amides is 1. The number of hydrogen-bond acceptors (Lipinski definition) is 4. The zero-order chi connectivity index (χ0) is 21.0. The summed E-state index contributed by atoms with van der Waals surface area (Å²) in [5, 5.41) is 2.25. The number of carbonyl (C=O) groups excluding carboxylic acids is 1. The summed E-state index contributed by atoms with van der Waals surface area (Å²) in [5.41, 5.74) is -0.524. The molecule has 3 rings (SSSR count). The Bertz CT molecular complexity index is 960. The molecule has 9 heteroatoms. The highest BCUT2D eigenvalue weighted by atomic mass is 32.2. The van der Waals surface area contributed by atoms with Gasteiger partial charge in [0.05, 0.1) is 17.4 Å². The number of rotatable bonds is 6. The van der Waals surface area contributed by atoms with Crippen LogP contribution in [0.2, 0.25) is 0 Å². The highest BCUT2D eigenvalue weighted by Gasteiger charge is 2.33. The van der Waals surface area contributed by atoms with E-state index < -0.39 is 39.2 Å². The molecule has 0 unspecified atom stereocenters. The molecule has 0 radical (unpaired) electrons. The highest BCUT2D eigenvalue weighted by Crippen LogP contribution is 2.27. The lowest BCUT2D eigenvalue weighted by Gasteiger charge is -2.31. The SMILES string of the molecule is CCOc1ccc(S(=O)(=O)N2CCC[C@H](C(=O)Nc3c(F)cccc3F)C2)cc1. The minimum atomic E-state index is -3.80. The summed E-state index contributed by atoms with van der Waals surface area (Å²) in [5.74, 6) is -2.52. The van der Waals surface area contributed by atoms with Crippen LogP contribution in [0.1, 0.15) is 19.8 Å². The summed E-state index contributed by atoms with van der Waals surface area (Å²) in [4.78, 5) is 12.6. The molecule has 2 aromatic rings. The van der Waals surface area contributed by atoms with E-state index in [1.165, 1.54) is 22.5 Å². The van der Waals surface area contributed by atoms with Crippen LogP contribution < -0.4 is 10.1 Å². The van der Waals surface area contributed by atoms with Crippen LogP contribution in [-0.4, -0.2) is 38.3 Å². The van der Waals surface area contributed by atoms with Crippen LogP contribution in [0.3, 0.4) is 0 Å². The third kappa shape index (κ3) is 4.73. The summed E-state index contributed by atoms with van der Waals surface area (Å²) in [7, 11) is -3.80. The molecule has 1 heterocycles. The first-order valence-electron chi connectivity index (χ1n) is 9.31. The maximum absolute atomic E-state index is 13.8. The Labute approximate surface area is 168 Å². The van der Waals surface area contributed by atoms with Crippen molar-refractivity contribution in [2.24, 2.45) is 5.92 Å². The molecular weight excluding hydrogens is 402 g/mol. The lowest BCUT2D eigenvalue weighted by Crippen LogP contribution is -2.43. The molecule has 6 nitrogen and oxygen atoms in total. The van der Waals surface area contributed by atoms with Crippen molar-refractivity contribution in [2.45, 2.75) is 24.7 Å². The molecule has 0 spiro atoms. The van der Waals surface area contributed by atoms with E-state index in [-0.39, 0.29) is 18.0 Å². The molecule has 0 aromatic heterocycles. The average molecular weight is 424 g/mol. The first-order valence-corrected chi connectivity index (χ1v) is 10.7. The number of sulfonamides is 1. The monoisotopic (exact) mass is 424 g/mol. The Balaban J connectivity index is 1.73. The molecule has 0 bridgehead atoms. The quantitative estimate of drug-likeness (QED) is 0.771. The number of ether oxygens (including phenoxy) is 1. The largest absolute Gasteiger partial charge is 0.494 e. The van der Waals surface area contributed by atoms with Crippen molar-refractivity contribution < 1.29 is 26.7 Å². The first kappa shape index (κ1) is 21.2. The van der Waals surface area contributed by atoms with Crippen molar-refractivity contribution >= 4 is 21.6 Å². The molecule has 0 aliphatic carbocycles. The van der Waals surface area contributed by atoms with E-state index in [0.717, 1.165) is 12.1 Å². The van der Waals surface area contributed by atoms with Gasteiger partial charge in [0.15, 0.2) is 0 Å². The fourth-order valence-electron chi connectivity index (χ4n) is 3.24. The van der Waals surface area contributed by atoms with Crippen LogP contribution in [0.5, 0.6) is 5.75 Å². The summed E-state index contributed by atoms with van der Waals surface area (Å²) in [6.45, 7) is 2.51. The summed E-state index contributed by atoms with van der Waals surface area (Å²) in [6.07, 6.45) is 0.894. The van der Waals surface area contributed by atoms with Gasteiger partial charge in [-0.2, -0.15) is 4.31 Å². The predicted octanol–water partition coefficient (Wildman–Crippen LogP) is 3.40. The minimum Gasteiger partial charge on any atom is -0.494 e. The molecule has 1 N–H and O–H groups in total. The van der Waals surface area contributed by atoms with Crippen molar-refractivity contribution in [1.29, 1.82) is 0 Å². The zero-order valence-electron chi connectivity index (χ0n) is 15.9. The Morgan fingerprint density at radius 2 is 1.83 bits per heavy atom. The second-order valence-electron chi connectivity index (χ2n) is 6.69. The standard InChI is InChI=1S/C20H22F2N2O4S/c1-2-28-15-8-10-16(11-9-15)29(26,27)24-12-4-5-14(13-24)20(25)23-19-17(21)6-3-7-18(19)22/h3,6-11,14H,2,4-5,12-13H2,1H3,(H,23,25)/t14-/m0/s1. The molecule has 156 valence electrons. The van der Waals surface area contributed by atoms with Gasteiger partial charge < -0.3 is 10.1 Å². The van der Waals surface area contributed by atoms with E-state index in [2.05, 4.69) is 5.32 Å². The third-order valence-corrected chi connectivity index (χ3v) is 6.62. The van der Waals surface area contributed by atoms with Crippen molar-refractivity contribution in [3.05, 3.63) is 54.1 Å². The van der Waals surface area contributed by atoms with Gasteiger partial charge >= 0.3 is 0 Å². The molecule has 1 atom stereocenters. The van der Waals surface area contributed by atoms with Gasteiger partial charge in [0.2, 0.25) is 15.9 Å². The third-order valence-electron chi connectivity index (χ3n) is 4.74. The fraction of sp³-hybridized carbons (Fsp3) is 0.350. The van der Waals surface area contributed by atoms with Gasteiger partial charge in [-0.25, -0.2) is 17.2 Å². The fourth-order valence-corrected chi connectivity index (χ4v) is 4.76. The maximum atomic E-state index is 13.8. The zero-order valence-corrected chi connectivity index (χ0v) is 16.7. The number of halogens is 2. The van der Waals surface area contributed by atoms with Crippen molar-refractivity contribution in [3.63, 3.8) is 0 Å². The Kier molecular flexibility index (Phi) is 6.49. The number of hydrogen-bond donors (Lipinski definition) is 1. The van der Waals surface area contributed by atoms with Gasteiger partial charge in [0.25, 0.3) is 0 Å².